The number of carbonyl (C=O) groups is 1. The van der Waals surface area contributed by atoms with E-state index in [-0.39, 0.29) is 12.5 Å². The lowest BCUT2D eigenvalue weighted by Crippen LogP contribution is -2.26. The van der Waals surface area contributed by atoms with Gasteiger partial charge in [0.1, 0.15) is 17.2 Å². The van der Waals surface area contributed by atoms with Crippen LogP contribution in [0.5, 0.6) is 17.2 Å². The minimum Gasteiger partial charge on any atom is -0.497 e. The average Bonchev–Trinajstić information content (AvgIpc) is 3.26. The molecule has 9 heteroatoms. The monoisotopic (exact) mass is 409 g/mol. The van der Waals surface area contributed by atoms with E-state index in [2.05, 4.69) is 10.1 Å². The quantitative estimate of drug-likeness (QED) is 0.517. The first kappa shape index (κ1) is 20.7. The number of benzene rings is 2. The number of aromatic nitrogens is 2. The van der Waals surface area contributed by atoms with E-state index in [4.69, 9.17) is 28.7 Å². The van der Waals surface area contributed by atoms with Crippen molar-refractivity contribution >= 4 is 5.97 Å². The smallest absolute Gasteiger partial charge is 0.347 e. The fourth-order valence-electron chi connectivity index (χ4n) is 2.52. The van der Waals surface area contributed by atoms with Crippen LogP contribution < -0.4 is 14.2 Å². The summed E-state index contributed by atoms with van der Waals surface area (Å²) in [5.41, 5.74) is 1.11. The molecule has 0 spiro atoms. The third kappa shape index (κ3) is 4.86. The van der Waals surface area contributed by atoms with Gasteiger partial charge in [-0.2, -0.15) is 10.2 Å². The van der Waals surface area contributed by atoms with Crippen LogP contribution in [0.25, 0.3) is 11.4 Å². The molecule has 154 valence electrons. The number of nitrogens with zero attached hydrogens (tertiary/aromatic N) is 3. The lowest BCUT2D eigenvalue weighted by molar-refractivity contribution is -0.153. The van der Waals surface area contributed by atoms with E-state index < -0.39 is 12.1 Å². The zero-order chi connectivity index (χ0) is 21.5. The summed E-state index contributed by atoms with van der Waals surface area (Å²) in [5, 5.41) is 12.7. The van der Waals surface area contributed by atoms with Crippen LogP contribution in [-0.4, -0.2) is 36.4 Å². The van der Waals surface area contributed by atoms with Crippen molar-refractivity contribution in [2.24, 2.45) is 0 Å². The van der Waals surface area contributed by atoms with Gasteiger partial charge in [-0.15, -0.1) is 0 Å². The minimum absolute atomic E-state index is 0.127. The number of hydrogen-bond donors (Lipinski definition) is 0. The molecule has 1 aromatic heterocycles. The third-order valence-electron chi connectivity index (χ3n) is 4.08. The Morgan fingerprint density at radius 1 is 1.13 bits per heavy atom. The first-order valence-electron chi connectivity index (χ1n) is 8.92. The highest BCUT2D eigenvalue weighted by Crippen LogP contribution is 2.31. The Bertz CT molecular complexity index is 1060. The molecule has 0 aliphatic carbocycles. The Morgan fingerprint density at radius 3 is 2.53 bits per heavy atom. The summed E-state index contributed by atoms with van der Waals surface area (Å²) in [4.78, 5) is 16.4. The van der Waals surface area contributed by atoms with Crippen LogP contribution in [0.15, 0.2) is 47.0 Å². The van der Waals surface area contributed by atoms with Gasteiger partial charge in [0.15, 0.2) is 12.7 Å². The van der Waals surface area contributed by atoms with Crippen LogP contribution in [-0.2, 0) is 16.1 Å². The van der Waals surface area contributed by atoms with Crippen molar-refractivity contribution in [3.8, 4) is 34.7 Å². The molecule has 0 N–H and O–H groups in total. The molecular weight excluding hydrogens is 390 g/mol. The van der Waals surface area contributed by atoms with Gasteiger partial charge in [0.05, 0.1) is 31.4 Å². The van der Waals surface area contributed by atoms with E-state index in [0.717, 1.165) is 0 Å². The second kappa shape index (κ2) is 9.43. The number of ether oxygens (including phenoxy) is 4. The van der Waals surface area contributed by atoms with Gasteiger partial charge in [-0.05, 0) is 43.3 Å². The van der Waals surface area contributed by atoms with E-state index >= 15 is 0 Å². The Hall–Kier alpha value is -4.06. The molecule has 0 aliphatic heterocycles. The second-order valence-electron chi connectivity index (χ2n) is 6.08. The summed E-state index contributed by atoms with van der Waals surface area (Å²) in [5.74, 6) is 1.42. The van der Waals surface area contributed by atoms with Gasteiger partial charge in [-0.25, -0.2) is 4.79 Å². The molecular formula is C21H19N3O6. The maximum absolute atomic E-state index is 12.2. The van der Waals surface area contributed by atoms with E-state index in [1.807, 2.05) is 6.07 Å². The minimum atomic E-state index is -0.859. The number of esters is 1. The first-order chi connectivity index (χ1) is 14.5. The topological polar surface area (TPSA) is 117 Å². The highest BCUT2D eigenvalue weighted by molar-refractivity contribution is 5.74. The lowest BCUT2D eigenvalue weighted by Gasteiger charge is -2.13. The fraction of sp³-hybridized carbons (Fsp3) is 0.238. The maximum atomic E-state index is 12.2. The van der Waals surface area contributed by atoms with Crippen molar-refractivity contribution in [3.63, 3.8) is 0 Å². The molecule has 3 aromatic rings. The van der Waals surface area contributed by atoms with Gasteiger partial charge in [0, 0.05) is 6.07 Å². The lowest BCUT2D eigenvalue weighted by atomic mass is 10.2. The maximum Gasteiger partial charge on any atom is 0.347 e. The predicted octanol–water partition coefficient (Wildman–Crippen LogP) is 3.14. The van der Waals surface area contributed by atoms with Crippen LogP contribution in [0.2, 0.25) is 0 Å². The highest BCUT2D eigenvalue weighted by atomic mass is 16.6. The number of carbonyl (C=O) groups excluding carboxylic acids is 1. The molecule has 1 atom stereocenters. The Balaban J connectivity index is 1.59. The number of methoxy groups -OCH3 is 2. The number of nitriles is 1. The van der Waals surface area contributed by atoms with Crippen molar-refractivity contribution in [3.05, 3.63) is 53.9 Å². The molecule has 0 aliphatic rings. The van der Waals surface area contributed by atoms with Gasteiger partial charge >= 0.3 is 5.97 Å². The zero-order valence-electron chi connectivity index (χ0n) is 16.6. The van der Waals surface area contributed by atoms with Crippen molar-refractivity contribution < 1.29 is 28.3 Å². The number of rotatable bonds is 8. The van der Waals surface area contributed by atoms with Crippen LogP contribution >= 0.6 is 0 Å². The van der Waals surface area contributed by atoms with Crippen molar-refractivity contribution in [2.45, 2.75) is 19.6 Å². The Labute approximate surface area is 172 Å². The van der Waals surface area contributed by atoms with E-state index in [1.165, 1.54) is 7.11 Å². The molecule has 9 nitrogen and oxygen atoms in total. The molecule has 0 saturated carbocycles. The van der Waals surface area contributed by atoms with Gasteiger partial charge in [0.2, 0.25) is 5.82 Å². The molecule has 0 saturated heterocycles. The van der Waals surface area contributed by atoms with Crippen molar-refractivity contribution in [2.75, 3.05) is 14.2 Å². The van der Waals surface area contributed by atoms with E-state index in [1.54, 1.807) is 56.5 Å². The van der Waals surface area contributed by atoms with Crippen LogP contribution in [0.3, 0.4) is 0 Å². The van der Waals surface area contributed by atoms with Crippen LogP contribution in [0.1, 0.15) is 18.4 Å². The summed E-state index contributed by atoms with van der Waals surface area (Å²) in [6, 6.07) is 13.6. The zero-order valence-corrected chi connectivity index (χ0v) is 16.6. The summed E-state index contributed by atoms with van der Waals surface area (Å²) in [7, 11) is 3.08. The standard InChI is InChI=1S/C21H19N3O6/c1-13(29-15-6-4-14(11-22)5-7-15)21(25)28-12-19-23-20(24-30-19)17-9-8-16(26-2)10-18(17)27-3/h4-10,13H,12H2,1-3H3/t13-/m1/s1. The van der Waals surface area contributed by atoms with Gasteiger partial charge < -0.3 is 23.5 Å². The van der Waals surface area contributed by atoms with Gasteiger partial charge in [-0.3, -0.25) is 0 Å². The predicted molar refractivity (Wildman–Crippen MR) is 104 cm³/mol. The summed E-state index contributed by atoms with van der Waals surface area (Å²) in [6.45, 7) is 1.35. The van der Waals surface area contributed by atoms with Crippen LogP contribution in [0, 0.1) is 11.3 Å². The largest absolute Gasteiger partial charge is 0.497 e. The normalized spacial score (nSPS) is 11.3. The molecule has 0 unspecified atom stereocenters. The summed E-state index contributed by atoms with van der Waals surface area (Å²) in [6.07, 6.45) is -0.859. The Kier molecular flexibility index (Phi) is 6.49. The average molecular weight is 409 g/mol. The molecule has 3 rings (SSSR count). The third-order valence-corrected chi connectivity index (χ3v) is 4.08. The molecule has 30 heavy (non-hydrogen) atoms. The molecule has 0 radical (unpaired) electrons. The van der Waals surface area contributed by atoms with E-state index in [0.29, 0.717) is 34.2 Å². The SMILES string of the molecule is COc1ccc(-c2noc(COC(=O)[C@@H](C)Oc3ccc(C#N)cc3)n2)c(OC)c1. The summed E-state index contributed by atoms with van der Waals surface area (Å²) >= 11 is 0. The molecule has 0 bridgehead atoms. The molecule has 2 aromatic carbocycles. The van der Waals surface area contributed by atoms with Crippen LogP contribution in [0.4, 0.5) is 0 Å². The first-order valence-corrected chi connectivity index (χ1v) is 8.92. The van der Waals surface area contributed by atoms with E-state index in [9.17, 15) is 4.79 Å². The number of hydrogen-bond acceptors (Lipinski definition) is 9. The second-order valence-corrected chi connectivity index (χ2v) is 6.08. The van der Waals surface area contributed by atoms with Gasteiger partial charge in [-0.1, -0.05) is 5.16 Å². The summed E-state index contributed by atoms with van der Waals surface area (Å²) < 4.78 is 26.3. The van der Waals surface area contributed by atoms with Crippen molar-refractivity contribution in [1.29, 1.82) is 5.26 Å². The highest BCUT2D eigenvalue weighted by Gasteiger charge is 2.19. The molecule has 1 heterocycles. The molecule has 0 fully saturated rings. The Morgan fingerprint density at radius 2 is 1.87 bits per heavy atom. The van der Waals surface area contributed by atoms with Crippen molar-refractivity contribution in [1.82, 2.24) is 10.1 Å². The molecule has 0 amide bonds. The van der Waals surface area contributed by atoms with Gasteiger partial charge in [0.25, 0.3) is 5.89 Å². The fourth-order valence-corrected chi connectivity index (χ4v) is 2.52.